The van der Waals surface area contributed by atoms with Gasteiger partial charge in [0.25, 0.3) is 0 Å². The van der Waals surface area contributed by atoms with E-state index in [1.165, 1.54) is 4.88 Å². The lowest BCUT2D eigenvalue weighted by Gasteiger charge is -2.20. The van der Waals surface area contributed by atoms with E-state index in [1.54, 1.807) is 17.4 Å². The third kappa shape index (κ3) is 4.44. The van der Waals surface area contributed by atoms with E-state index >= 15 is 0 Å². The molecule has 1 aromatic carbocycles. The van der Waals surface area contributed by atoms with E-state index in [-0.39, 0.29) is 6.61 Å². The smallest absolute Gasteiger partial charge is 0.0794 e. The topological polar surface area (TPSA) is 36.4 Å². The molecule has 1 heterocycles. The van der Waals surface area contributed by atoms with Crippen molar-refractivity contribution in [2.75, 3.05) is 13.2 Å². The van der Waals surface area contributed by atoms with E-state index in [2.05, 4.69) is 9.88 Å². The Kier molecular flexibility index (Phi) is 5.60. The highest BCUT2D eigenvalue weighted by Crippen LogP contribution is 2.23. The Bertz CT molecular complexity index is 519. The van der Waals surface area contributed by atoms with Gasteiger partial charge in [-0.05, 0) is 17.7 Å². The lowest BCUT2D eigenvalue weighted by Crippen LogP contribution is -2.25. The molecule has 1 N–H and O–H groups in total. The Morgan fingerprint density at radius 2 is 2.05 bits per heavy atom. The van der Waals surface area contributed by atoms with E-state index in [1.807, 2.05) is 23.8 Å². The maximum Gasteiger partial charge on any atom is 0.0794 e. The van der Waals surface area contributed by atoms with Crippen LogP contribution < -0.4 is 0 Å². The molecule has 0 fully saturated rings. The van der Waals surface area contributed by atoms with Crippen LogP contribution in [0.5, 0.6) is 0 Å². The number of nitrogens with zero attached hydrogens (tertiary/aromatic N) is 2. The molecule has 0 bridgehead atoms. The third-order valence-electron chi connectivity index (χ3n) is 2.67. The minimum atomic E-state index is 0.125. The van der Waals surface area contributed by atoms with Gasteiger partial charge in [0.1, 0.15) is 0 Å². The molecule has 0 aliphatic heterocycles. The minimum absolute atomic E-state index is 0.125. The standard InChI is InChI=1S/C13H14Cl2N2OS/c14-12-2-1-10(5-13(12)15)7-17(3-4-18)8-11-6-16-9-19-11/h1-2,5-6,9,18H,3-4,7-8H2. The average Bonchev–Trinajstić information content (AvgIpc) is 2.87. The Morgan fingerprint density at radius 3 is 2.68 bits per heavy atom. The van der Waals surface area contributed by atoms with Crippen molar-refractivity contribution in [1.82, 2.24) is 9.88 Å². The molecular formula is C13H14Cl2N2OS. The van der Waals surface area contributed by atoms with Crippen LogP contribution in [0.15, 0.2) is 29.9 Å². The molecule has 0 aliphatic carbocycles. The summed E-state index contributed by atoms with van der Waals surface area (Å²) in [6, 6.07) is 5.61. The SMILES string of the molecule is OCCN(Cc1ccc(Cl)c(Cl)c1)Cc1cncs1. The summed E-state index contributed by atoms with van der Waals surface area (Å²) in [7, 11) is 0. The van der Waals surface area contributed by atoms with Crippen LogP contribution in [-0.2, 0) is 13.1 Å². The fourth-order valence-electron chi connectivity index (χ4n) is 1.79. The molecule has 0 aliphatic rings. The molecule has 3 nitrogen and oxygen atoms in total. The summed E-state index contributed by atoms with van der Waals surface area (Å²) in [6.07, 6.45) is 1.85. The van der Waals surface area contributed by atoms with Crippen molar-refractivity contribution in [3.05, 3.63) is 50.4 Å². The molecule has 2 rings (SSSR count). The summed E-state index contributed by atoms with van der Waals surface area (Å²) in [5.74, 6) is 0. The zero-order valence-electron chi connectivity index (χ0n) is 10.2. The zero-order valence-corrected chi connectivity index (χ0v) is 12.5. The molecule has 19 heavy (non-hydrogen) atoms. The van der Waals surface area contributed by atoms with Crippen molar-refractivity contribution in [3.63, 3.8) is 0 Å². The Labute approximate surface area is 126 Å². The maximum absolute atomic E-state index is 9.14. The molecule has 102 valence electrons. The van der Waals surface area contributed by atoms with Crippen LogP contribution in [0.2, 0.25) is 10.0 Å². The van der Waals surface area contributed by atoms with Gasteiger partial charge in [-0.3, -0.25) is 9.88 Å². The summed E-state index contributed by atoms with van der Waals surface area (Å²) in [5, 5.41) is 10.3. The number of hydrogen-bond donors (Lipinski definition) is 1. The van der Waals surface area contributed by atoms with Gasteiger partial charge in [-0.15, -0.1) is 11.3 Å². The van der Waals surface area contributed by atoms with Gasteiger partial charge in [0.15, 0.2) is 0 Å². The van der Waals surface area contributed by atoms with E-state index in [4.69, 9.17) is 28.3 Å². The first-order chi connectivity index (χ1) is 9.19. The fraction of sp³-hybridized carbons (Fsp3) is 0.308. The first kappa shape index (κ1) is 14.8. The molecule has 2 aromatic rings. The molecule has 0 saturated heterocycles. The van der Waals surface area contributed by atoms with Gasteiger partial charge in [0.2, 0.25) is 0 Å². The second kappa shape index (κ2) is 7.22. The van der Waals surface area contributed by atoms with Gasteiger partial charge >= 0.3 is 0 Å². The molecule has 0 atom stereocenters. The molecule has 0 spiro atoms. The Balaban J connectivity index is 2.05. The number of benzene rings is 1. The van der Waals surface area contributed by atoms with E-state index < -0.39 is 0 Å². The predicted octanol–water partition coefficient (Wildman–Crippen LogP) is 3.44. The van der Waals surface area contributed by atoms with E-state index in [0.29, 0.717) is 16.6 Å². The quantitative estimate of drug-likeness (QED) is 0.886. The number of rotatable bonds is 6. The predicted molar refractivity (Wildman–Crippen MR) is 79.8 cm³/mol. The number of aliphatic hydroxyl groups excluding tert-OH is 1. The van der Waals surface area contributed by atoms with Crippen LogP contribution in [0, 0.1) is 0 Å². The van der Waals surface area contributed by atoms with Crippen LogP contribution in [-0.4, -0.2) is 28.1 Å². The van der Waals surface area contributed by atoms with Crippen LogP contribution >= 0.6 is 34.5 Å². The van der Waals surface area contributed by atoms with Crippen LogP contribution in [0.1, 0.15) is 10.4 Å². The highest BCUT2D eigenvalue weighted by Gasteiger charge is 2.09. The molecule has 1 aromatic heterocycles. The van der Waals surface area contributed by atoms with Gasteiger partial charge in [0, 0.05) is 30.7 Å². The van der Waals surface area contributed by atoms with E-state index in [0.717, 1.165) is 18.7 Å². The number of aromatic nitrogens is 1. The first-order valence-electron chi connectivity index (χ1n) is 5.83. The van der Waals surface area contributed by atoms with Crippen LogP contribution in [0.3, 0.4) is 0 Å². The van der Waals surface area contributed by atoms with Crippen molar-refractivity contribution in [1.29, 1.82) is 0 Å². The number of hydrogen-bond acceptors (Lipinski definition) is 4. The summed E-state index contributed by atoms with van der Waals surface area (Å²) in [6.45, 7) is 2.22. The van der Waals surface area contributed by atoms with Crippen molar-refractivity contribution < 1.29 is 5.11 Å². The minimum Gasteiger partial charge on any atom is -0.395 e. The maximum atomic E-state index is 9.14. The zero-order chi connectivity index (χ0) is 13.7. The first-order valence-corrected chi connectivity index (χ1v) is 7.47. The average molecular weight is 317 g/mol. The van der Waals surface area contributed by atoms with Gasteiger partial charge in [0.05, 0.1) is 22.2 Å². The largest absolute Gasteiger partial charge is 0.395 e. The normalized spacial score (nSPS) is 11.2. The summed E-state index contributed by atoms with van der Waals surface area (Å²) in [4.78, 5) is 7.38. The van der Waals surface area contributed by atoms with Crippen LogP contribution in [0.4, 0.5) is 0 Å². The highest BCUT2D eigenvalue weighted by molar-refractivity contribution is 7.09. The van der Waals surface area contributed by atoms with Crippen molar-refractivity contribution in [3.8, 4) is 0 Å². The number of thiazole rings is 1. The molecule has 0 unspecified atom stereocenters. The second-order valence-corrected chi connectivity index (χ2v) is 5.94. The van der Waals surface area contributed by atoms with E-state index in [9.17, 15) is 0 Å². The summed E-state index contributed by atoms with van der Waals surface area (Å²) in [5.41, 5.74) is 2.89. The third-order valence-corrected chi connectivity index (χ3v) is 4.17. The molecule has 0 radical (unpaired) electrons. The highest BCUT2D eigenvalue weighted by atomic mass is 35.5. The number of halogens is 2. The monoisotopic (exact) mass is 316 g/mol. The summed E-state index contributed by atoms with van der Waals surface area (Å²) >= 11 is 13.5. The fourth-order valence-corrected chi connectivity index (χ4v) is 2.75. The molecule has 6 heteroatoms. The van der Waals surface area contributed by atoms with Crippen molar-refractivity contribution >= 4 is 34.5 Å². The van der Waals surface area contributed by atoms with Crippen LogP contribution in [0.25, 0.3) is 0 Å². The van der Waals surface area contributed by atoms with Crippen molar-refractivity contribution in [2.45, 2.75) is 13.1 Å². The lowest BCUT2D eigenvalue weighted by molar-refractivity contribution is 0.185. The number of aliphatic hydroxyl groups is 1. The van der Waals surface area contributed by atoms with Gasteiger partial charge in [-0.1, -0.05) is 29.3 Å². The summed E-state index contributed by atoms with van der Waals surface area (Å²) < 4.78 is 0. The molecule has 0 saturated carbocycles. The van der Waals surface area contributed by atoms with Gasteiger partial charge in [-0.25, -0.2) is 0 Å². The molecular weight excluding hydrogens is 303 g/mol. The molecule has 0 amide bonds. The Hall–Kier alpha value is -0.650. The van der Waals surface area contributed by atoms with Crippen molar-refractivity contribution in [2.24, 2.45) is 0 Å². The second-order valence-electron chi connectivity index (χ2n) is 4.15. The Morgan fingerprint density at radius 1 is 1.21 bits per heavy atom. The van der Waals surface area contributed by atoms with Gasteiger partial charge < -0.3 is 5.11 Å². The lowest BCUT2D eigenvalue weighted by atomic mass is 10.2. The van der Waals surface area contributed by atoms with Gasteiger partial charge in [-0.2, -0.15) is 0 Å².